The van der Waals surface area contributed by atoms with Crippen LogP contribution >= 0.6 is 15.9 Å². The minimum Gasteiger partial charge on any atom is -0.494 e. The average Bonchev–Trinajstić information content (AvgIpc) is 2.47. The smallest absolute Gasteiger partial charge is 0.137 e. The van der Waals surface area contributed by atoms with Gasteiger partial charge in [-0.15, -0.1) is 0 Å². The topological polar surface area (TPSA) is 21.3 Å². The predicted octanol–water partition coefficient (Wildman–Crippen LogP) is 4.99. The Bertz CT molecular complexity index is 574. The van der Waals surface area contributed by atoms with Gasteiger partial charge in [-0.1, -0.05) is 19.1 Å². The Labute approximate surface area is 127 Å². The molecule has 0 amide bonds. The van der Waals surface area contributed by atoms with Crippen LogP contribution in [0.15, 0.2) is 46.9 Å². The van der Waals surface area contributed by atoms with Crippen molar-refractivity contribution in [2.24, 2.45) is 0 Å². The maximum Gasteiger partial charge on any atom is 0.137 e. The third-order valence-corrected chi connectivity index (χ3v) is 3.40. The molecule has 0 radical (unpaired) electrons. The average molecular weight is 338 g/mol. The molecule has 0 aromatic heterocycles. The van der Waals surface area contributed by atoms with Gasteiger partial charge in [0.1, 0.15) is 11.6 Å². The van der Waals surface area contributed by atoms with Crippen LogP contribution in [0.25, 0.3) is 0 Å². The van der Waals surface area contributed by atoms with Gasteiger partial charge < -0.3 is 10.1 Å². The summed E-state index contributed by atoms with van der Waals surface area (Å²) in [5, 5.41) is 3.30. The van der Waals surface area contributed by atoms with Crippen molar-refractivity contribution in [3.8, 4) is 5.75 Å². The maximum absolute atomic E-state index is 13.1. The zero-order chi connectivity index (χ0) is 14.4. The first-order valence-electron chi connectivity index (χ1n) is 6.59. The molecule has 0 unspecified atom stereocenters. The van der Waals surface area contributed by atoms with Crippen molar-refractivity contribution in [2.75, 3.05) is 11.9 Å². The first-order chi connectivity index (χ1) is 9.69. The standard InChI is InChI=1S/C16H17BrFNO/c1-2-8-20-14-5-3-4-13(10-14)19-11-12-6-7-16(18)15(17)9-12/h3-7,9-10,19H,2,8,11H2,1H3. The largest absolute Gasteiger partial charge is 0.494 e. The molecular weight excluding hydrogens is 321 g/mol. The second kappa shape index (κ2) is 7.29. The highest BCUT2D eigenvalue weighted by atomic mass is 79.9. The fourth-order valence-corrected chi connectivity index (χ4v) is 2.20. The van der Waals surface area contributed by atoms with E-state index >= 15 is 0 Å². The lowest BCUT2D eigenvalue weighted by atomic mass is 10.2. The molecule has 0 heterocycles. The summed E-state index contributed by atoms with van der Waals surface area (Å²) in [7, 11) is 0. The number of benzene rings is 2. The van der Waals surface area contributed by atoms with E-state index in [0.717, 1.165) is 23.4 Å². The van der Waals surface area contributed by atoms with Gasteiger partial charge in [0, 0.05) is 18.3 Å². The Balaban J connectivity index is 1.97. The Kier molecular flexibility index (Phi) is 5.41. The molecule has 2 rings (SSSR count). The fraction of sp³-hybridized carbons (Fsp3) is 0.250. The molecule has 0 saturated heterocycles. The predicted molar refractivity (Wildman–Crippen MR) is 83.7 cm³/mol. The van der Waals surface area contributed by atoms with E-state index in [1.165, 1.54) is 6.07 Å². The lowest BCUT2D eigenvalue weighted by molar-refractivity contribution is 0.317. The molecular formula is C16H17BrFNO. The van der Waals surface area contributed by atoms with Gasteiger partial charge in [-0.3, -0.25) is 0 Å². The molecule has 2 nitrogen and oxygen atoms in total. The lowest BCUT2D eigenvalue weighted by Crippen LogP contribution is -2.01. The molecule has 1 N–H and O–H groups in total. The number of anilines is 1. The molecule has 0 aliphatic carbocycles. The highest BCUT2D eigenvalue weighted by Crippen LogP contribution is 2.20. The van der Waals surface area contributed by atoms with E-state index in [-0.39, 0.29) is 5.82 Å². The van der Waals surface area contributed by atoms with Gasteiger partial charge in [-0.25, -0.2) is 4.39 Å². The summed E-state index contributed by atoms with van der Waals surface area (Å²) in [6.07, 6.45) is 0.987. The number of ether oxygens (including phenoxy) is 1. The zero-order valence-electron chi connectivity index (χ0n) is 11.3. The van der Waals surface area contributed by atoms with Crippen LogP contribution in [0.1, 0.15) is 18.9 Å². The molecule has 0 aliphatic rings. The molecule has 0 atom stereocenters. The highest BCUT2D eigenvalue weighted by molar-refractivity contribution is 9.10. The van der Waals surface area contributed by atoms with Crippen LogP contribution in [0.2, 0.25) is 0 Å². The van der Waals surface area contributed by atoms with Gasteiger partial charge in [0.05, 0.1) is 11.1 Å². The van der Waals surface area contributed by atoms with E-state index in [4.69, 9.17) is 4.74 Å². The molecule has 106 valence electrons. The Morgan fingerprint density at radius 1 is 1.20 bits per heavy atom. The highest BCUT2D eigenvalue weighted by Gasteiger charge is 2.01. The van der Waals surface area contributed by atoms with Gasteiger partial charge in [-0.05, 0) is 52.2 Å². The summed E-state index contributed by atoms with van der Waals surface area (Å²) < 4.78 is 19.2. The summed E-state index contributed by atoms with van der Waals surface area (Å²) in [6.45, 7) is 3.43. The summed E-state index contributed by atoms with van der Waals surface area (Å²) in [4.78, 5) is 0. The number of nitrogens with one attached hydrogen (secondary N) is 1. The van der Waals surface area contributed by atoms with Gasteiger partial charge in [0.15, 0.2) is 0 Å². The van der Waals surface area contributed by atoms with E-state index in [9.17, 15) is 4.39 Å². The molecule has 0 saturated carbocycles. The van der Waals surface area contributed by atoms with Crippen LogP contribution in [-0.4, -0.2) is 6.61 Å². The minimum absolute atomic E-state index is 0.247. The van der Waals surface area contributed by atoms with Crippen LogP contribution in [0.3, 0.4) is 0 Å². The van der Waals surface area contributed by atoms with Crippen molar-refractivity contribution < 1.29 is 9.13 Å². The first kappa shape index (κ1) is 14.9. The van der Waals surface area contributed by atoms with E-state index in [2.05, 4.69) is 28.2 Å². The van der Waals surface area contributed by atoms with E-state index < -0.39 is 0 Å². The monoisotopic (exact) mass is 337 g/mol. The van der Waals surface area contributed by atoms with Crippen molar-refractivity contribution in [1.29, 1.82) is 0 Å². The number of rotatable bonds is 6. The first-order valence-corrected chi connectivity index (χ1v) is 7.39. The van der Waals surface area contributed by atoms with E-state index in [1.807, 2.05) is 24.3 Å². The van der Waals surface area contributed by atoms with Gasteiger partial charge in [0.2, 0.25) is 0 Å². The van der Waals surface area contributed by atoms with Crippen molar-refractivity contribution >= 4 is 21.6 Å². The van der Waals surface area contributed by atoms with Gasteiger partial charge in [0.25, 0.3) is 0 Å². The van der Waals surface area contributed by atoms with Crippen molar-refractivity contribution in [3.05, 3.63) is 58.3 Å². The van der Waals surface area contributed by atoms with Crippen LogP contribution in [0.5, 0.6) is 5.75 Å². The van der Waals surface area contributed by atoms with E-state index in [1.54, 1.807) is 12.1 Å². The Morgan fingerprint density at radius 2 is 2.05 bits per heavy atom. The molecule has 0 spiro atoms. The minimum atomic E-state index is -0.247. The van der Waals surface area contributed by atoms with Gasteiger partial charge >= 0.3 is 0 Å². The number of halogens is 2. The number of hydrogen-bond donors (Lipinski definition) is 1. The molecule has 2 aromatic carbocycles. The van der Waals surface area contributed by atoms with Crippen LogP contribution in [0, 0.1) is 5.82 Å². The van der Waals surface area contributed by atoms with Gasteiger partial charge in [-0.2, -0.15) is 0 Å². The molecule has 0 aliphatic heterocycles. The summed E-state index contributed by atoms with van der Waals surface area (Å²) in [5.41, 5.74) is 2.00. The zero-order valence-corrected chi connectivity index (χ0v) is 12.9. The Morgan fingerprint density at radius 3 is 2.80 bits per heavy atom. The summed E-state index contributed by atoms with van der Waals surface area (Å²) >= 11 is 3.19. The van der Waals surface area contributed by atoms with E-state index in [0.29, 0.717) is 17.6 Å². The molecule has 20 heavy (non-hydrogen) atoms. The number of hydrogen-bond acceptors (Lipinski definition) is 2. The SMILES string of the molecule is CCCOc1cccc(NCc2ccc(F)c(Br)c2)c1. The summed E-state index contributed by atoms with van der Waals surface area (Å²) in [6, 6.07) is 12.8. The van der Waals surface area contributed by atoms with Crippen molar-refractivity contribution in [2.45, 2.75) is 19.9 Å². The van der Waals surface area contributed by atoms with Crippen molar-refractivity contribution in [1.82, 2.24) is 0 Å². The third-order valence-electron chi connectivity index (χ3n) is 2.79. The maximum atomic E-state index is 13.1. The second-order valence-electron chi connectivity index (χ2n) is 4.48. The van der Waals surface area contributed by atoms with Crippen LogP contribution in [0.4, 0.5) is 10.1 Å². The van der Waals surface area contributed by atoms with Crippen LogP contribution in [-0.2, 0) is 6.54 Å². The summed E-state index contributed by atoms with van der Waals surface area (Å²) in [5.74, 6) is 0.612. The molecule has 0 fully saturated rings. The lowest BCUT2D eigenvalue weighted by Gasteiger charge is -2.10. The third kappa shape index (κ3) is 4.23. The second-order valence-corrected chi connectivity index (χ2v) is 5.33. The van der Waals surface area contributed by atoms with Crippen LogP contribution < -0.4 is 10.1 Å². The molecule has 4 heteroatoms. The fourth-order valence-electron chi connectivity index (χ4n) is 1.77. The molecule has 0 bridgehead atoms. The molecule has 2 aromatic rings. The Hall–Kier alpha value is -1.55. The van der Waals surface area contributed by atoms with Crippen molar-refractivity contribution in [3.63, 3.8) is 0 Å². The quantitative estimate of drug-likeness (QED) is 0.801. The normalized spacial score (nSPS) is 10.3.